The Morgan fingerprint density at radius 2 is 0.903 bits per heavy atom. The monoisotopic (exact) mass is 436 g/mol. The molecule has 0 aromatic heterocycles. The van der Waals surface area contributed by atoms with Gasteiger partial charge in [-0.2, -0.15) is 0 Å². The van der Waals surface area contributed by atoms with E-state index in [2.05, 4.69) is 99.0 Å². The van der Waals surface area contributed by atoms with Gasteiger partial charge in [0, 0.05) is 23.7 Å². The fourth-order valence-electron chi connectivity index (χ4n) is 7.11. The first-order valence-electron chi connectivity index (χ1n) is 11.6. The van der Waals surface area contributed by atoms with Gasteiger partial charge in [0.15, 0.2) is 0 Å². The van der Waals surface area contributed by atoms with Crippen molar-refractivity contribution in [3.8, 4) is 0 Å². The van der Waals surface area contributed by atoms with Crippen LogP contribution in [0.2, 0.25) is 26.2 Å². The Labute approximate surface area is 187 Å². The Morgan fingerprint density at radius 1 is 0.548 bits per heavy atom. The largest absolute Gasteiger partial charge is 0.449 e. The van der Waals surface area contributed by atoms with Crippen molar-refractivity contribution in [3.05, 3.63) is 117 Å². The predicted octanol–water partition coefficient (Wildman–Crippen LogP) is 6.76. The van der Waals surface area contributed by atoms with Gasteiger partial charge in [0.1, 0.15) is 0 Å². The highest BCUT2D eigenvalue weighted by molar-refractivity contribution is 6.99. The van der Waals surface area contributed by atoms with Gasteiger partial charge in [-0.25, -0.2) is 0 Å². The number of benzene rings is 2. The van der Waals surface area contributed by atoms with E-state index in [-0.39, 0.29) is 0 Å². The number of fused-ring (bicyclic) bond motifs is 2. The molecular weight excluding hydrogens is 408 g/mol. The van der Waals surface area contributed by atoms with Crippen LogP contribution < -0.4 is 0 Å². The van der Waals surface area contributed by atoms with E-state index in [9.17, 15) is 0 Å². The molecule has 0 saturated carbocycles. The van der Waals surface area contributed by atoms with Gasteiger partial charge in [-0.05, 0) is 70.0 Å². The van der Waals surface area contributed by atoms with Crippen LogP contribution in [0.5, 0.6) is 0 Å². The van der Waals surface area contributed by atoms with Crippen LogP contribution in [-0.4, -0.2) is 16.6 Å². The second-order valence-electron chi connectivity index (χ2n) is 10.8. The quantitative estimate of drug-likeness (QED) is 0.415. The predicted molar refractivity (Wildman–Crippen MR) is 132 cm³/mol. The van der Waals surface area contributed by atoms with E-state index in [0.717, 1.165) is 0 Å². The molecule has 31 heavy (non-hydrogen) atoms. The topological polar surface area (TPSA) is 9.23 Å². The lowest BCUT2D eigenvalue weighted by atomic mass is 9.57. The summed E-state index contributed by atoms with van der Waals surface area (Å²) in [6.07, 6.45) is 10.5. The molecule has 2 bridgehead atoms. The van der Waals surface area contributed by atoms with Gasteiger partial charge in [-0.1, -0.05) is 72.8 Å². The fraction of sp³-hybridized carbons (Fsp3) is 0.286. The summed E-state index contributed by atoms with van der Waals surface area (Å²) in [6.45, 7) is 9.56. The van der Waals surface area contributed by atoms with Crippen LogP contribution in [-0.2, 0) is 4.12 Å². The van der Waals surface area contributed by atoms with Crippen LogP contribution in [0.15, 0.2) is 94.4 Å². The third-order valence-electron chi connectivity index (χ3n) is 8.20. The van der Waals surface area contributed by atoms with E-state index in [1.54, 1.807) is 21.5 Å². The van der Waals surface area contributed by atoms with Crippen molar-refractivity contribution in [1.82, 2.24) is 0 Å². The maximum Gasteiger partial charge on any atom is 0.205 e. The van der Waals surface area contributed by atoms with Crippen molar-refractivity contribution < 1.29 is 4.12 Å². The number of hydrogen-bond acceptors (Lipinski definition) is 1. The Kier molecular flexibility index (Phi) is 3.42. The van der Waals surface area contributed by atoms with Crippen molar-refractivity contribution in [2.45, 2.75) is 38.0 Å². The standard InChI is InChI=1S/C28H28OSi2/c1-30(2)25-15-17-13-23-24(14-18(17)16-26(25)31(3,4)29-30)28-21-11-7-5-9-19(21)27(23)20-10-6-8-12-22(20)28/h5-18,27-28H,1-4H3. The van der Waals surface area contributed by atoms with Crippen LogP contribution in [0.25, 0.3) is 0 Å². The zero-order valence-electron chi connectivity index (χ0n) is 18.6. The summed E-state index contributed by atoms with van der Waals surface area (Å²) in [7, 11) is -3.57. The van der Waals surface area contributed by atoms with Gasteiger partial charge in [0.2, 0.25) is 16.6 Å². The minimum absolute atomic E-state index is 0.379. The molecule has 0 N–H and O–H groups in total. The first kappa shape index (κ1) is 18.4. The summed E-state index contributed by atoms with van der Waals surface area (Å²) in [4.78, 5) is 0. The first-order chi connectivity index (χ1) is 14.9. The maximum absolute atomic E-state index is 6.76. The fourth-order valence-corrected chi connectivity index (χ4v) is 17.6. The minimum atomic E-state index is -1.78. The molecule has 2 aromatic carbocycles. The molecule has 8 rings (SSSR count). The van der Waals surface area contributed by atoms with Crippen LogP contribution in [0, 0.1) is 11.8 Å². The summed E-state index contributed by atoms with van der Waals surface area (Å²) < 4.78 is 6.76. The van der Waals surface area contributed by atoms with Crippen molar-refractivity contribution in [3.63, 3.8) is 0 Å². The summed E-state index contributed by atoms with van der Waals surface area (Å²) in [6, 6.07) is 18.3. The van der Waals surface area contributed by atoms with Crippen molar-refractivity contribution in [1.29, 1.82) is 0 Å². The van der Waals surface area contributed by atoms with Crippen LogP contribution in [0.1, 0.15) is 34.1 Å². The Balaban J connectivity index is 1.45. The molecule has 1 aliphatic heterocycles. The molecule has 0 radical (unpaired) electrons. The van der Waals surface area contributed by atoms with Gasteiger partial charge in [-0.3, -0.25) is 0 Å². The Bertz CT molecular complexity index is 1140. The summed E-state index contributed by atoms with van der Waals surface area (Å²) in [5, 5.41) is 3.17. The molecule has 154 valence electrons. The number of rotatable bonds is 0. The van der Waals surface area contributed by atoms with Gasteiger partial charge in [0.05, 0.1) is 0 Å². The molecule has 5 aliphatic carbocycles. The zero-order valence-corrected chi connectivity index (χ0v) is 20.6. The highest BCUT2D eigenvalue weighted by Crippen LogP contribution is 2.60. The van der Waals surface area contributed by atoms with Crippen molar-refractivity contribution >= 4 is 16.6 Å². The second kappa shape index (κ2) is 5.77. The van der Waals surface area contributed by atoms with Gasteiger partial charge < -0.3 is 4.12 Å². The van der Waals surface area contributed by atoms with Gasteiger partial charge in [-0.15, -0.1) is 0 Å². The molecule has 2 unspecified atom stereocenters. The zero-order chi connectivity index (χ0) is 21.1. The molecule has 1 heterocycles. The normalized spacial score (nSPS) is 32.4. The highest BCUT2D eigenvalue weighted by Gasteiger charge is 2.52. The van der Waals surface area contributed by atoms with Crippen LogP contribution in [0.3, 0.4) is 0 Å². The smallest absolute Gasteiger partial charge is 0.205 e. The van der Waals surface area contributed by atoms with E-state index in [1.807, 2.05) is 0 Å². The van der Waals surface area contributed by atoms with E-state index in [4.69, 9.17) is 4.12 Å². The third kappa shape index (κ3) is 2.29. The van der Waals surface area contributed by atoms with Crippen LogP contribution in [0.4, 0.5) is 0 Å². The molecule has 2 atom stereocenters. The van der Waals surface area contributed by atoms with Crippen molar-refractivity contribution in [2.24, 2.45) is 11.8 Å². The van der Waals surface area contributed by atoms with Crippen molar-refractivity contribution in [2.75, 3.05) is 0 Å². The van der Waals surface area contributed by atoms with E-state index >= 15 is 0 Å². The maximum atomic E-state index is 6.76. The van der Waals surface area contributed by atoms with Gasteiger partial charge in [0.25, 0.3) is 0 Å². The molecule has 3 heteroatoms. The first-order valence-corrected chi connectivity index (χ1v) is 17.4. The molecular formula is C28H28OSi2. The molecule has 2 aromatic rings. The lowest BCUT2D eigenvalue weighted by Gasteiger charge is -2.47. The van der Waals surface area contributed by atoms with E-state index < -0.39 is 16.6 Å². The Hall–Kier alpha value is -2.21. The summed E-state index contributed by atoms with van der Waals surface area (Å²) >= 11 is 0. The molecule has 0 amide bonds. The molecule has 1 fully saturated rings. The minimum Gasteiger partial charge on any atom is -0.449 e. The summed E-state index contributed by atoms with van der Waals surface area (Å²) in [5.74, 6) is 1.69. The van der Waals surface area contributed by atoms with E-state index in [1.165, 1.54) is 22.3 Å². The molecule has 6 aliphatic rings. The SMILES string of the molecule is C[Si]1(C)O[Si](C)(C)C2=CC3C=C4C(=CC3C=C21)C1c2ccccc2C4c2ccccc21. The second-order valence-corrected chi connectivity index (χ2v) is 18.7. The summed E-state index contributed by atoms with van der Waals surface area (Å²) in [5.41, 5.74) is 9.18. The van der Waals surface area contributed by atoms with E-state index in [0.29, 0.717) is 23.7 Å². The molecule has 1 nitrogen and oxygen atoms in total. The Morgan fingerprint density at radius 3 is 1.26 bits per heavy atom. The average Bonchev–Trinajstić information content (AvgIpc) is 2.93. The van der Waals surface area contributed by atoms with Gasteiger partial charge >= 0.3 is 0 Å². The molecule has 1 saturated heterocycles. The number of allylic oxidation sites excluding steroid dienone is 8. The lowest BCUT2D eigenvalue weighted by molar-refractivity contribution is 0.581. The highest BCUT2D eigenvalue weighted by atomic mass is 28.4. The average molecular weight is 437 g/mol. The number of hydrogen-bond donors (Lipinski definition) is 0. The van der Waals surface area contributed by atoms with Crippen LogP contribution >= 0.6 is 0 Å². The lowest BCUT2D eigenvalue weighted by Crippen LogP contribution is -2.34. The third-order valence-corrected chi connectivity index (χ3v) is 16.0. The molecule has 0 spiro atoms.